The van der Waals surface area contributed by atoms with Crippen LogP contribution in [0.1, 0.15) is 57.1 Å². The van der Waals surface area contributed by atoms with Gasteiger partial charge in [-0.25, -0.2) is 4.39 Å². The molecule has 3 aliphatic rings. The van der Waals surface area contributed by atoms with Crippen LogP contribution in [0.15, 0.2) is 60.2 Å². The third-order valence-electron chi connectivity index (χ3n) is 9.21. The van der Waals surface area contributed by atoms with Crippen molar-refractivity contribution in [2.45, 2.75) is 76.9 Å². The fraction of sp³-hybridized carbons (Fsp3) is 0.529. The van der Waals surface area contributed by atoms with Crippen molar-refractivity contribution >= 4 is 11.8 Å². The Morgan fingerprint density at radius 1 is 1.14 bits per heavy atom. The average molecular weight is 595 g/mol. The number of para-hydroxylation sites is 1. The third-order valence-corrected chi connectivity index (χ3v) is 9.21. The standard InChI is InChI=1S/C34H43FN2O6/c1-20(2)24-13-8-21(3)16-29(24)42-19-30(39)37(18-22-9-11-23(35)12-10-22)27-17-26(34(41)36-14-15-38)31-25-6-4-5-7-28(25)43-33(31)32(27)40/h4-7,9-12,17,20-21,24,27,29,31-33,38,40H,8,13-16,18-19H2,1-3H3,(H,36,41)/t21-,24+,27+,29-,31-,32-,33-/m0/s1. The Bertz CT molecular complexity index is 1310. The van der Waals surface area contributed by atoms with E-state index in [0.717, 1.165) is 24.8 Å². The van der Waals surface area contributed by atoms with Crippen molar-refractivity contribution in [1.82, 2.24) is 10.2 Å². The number of carbonyl (C=O) groups excluding carboxylic acids is 2. The van der Waals surface area contributed by atoms with Gasteiger partial charge in [0, 0.05) is 24.2 Å². The molecule has 2 aromatic carbocycles. The maximum absolute atomic E-state index is 14.0. The fourth-order valence-electron chi connectivity index (χ4n) is 6.91. The van der Waals surface area contributed by atoms with Gasteiger partial charge in [0.2, 0.25) is 11.8 Å². The lowest BCUT2D eigenvalue weighted by Gasteiger charge is -2.41. The van der Waals surface area contributed by atoms with Crippen LogP contribution in [-0.2, 0) is 20.9 Å². The molecule has 2 aromatic rings. The van der Waals surface area contributed by atoms with Gasteiger partial charge in [0.05, 0.1) is 24.7 Å². The number of nitrogens with one attached hydrogen (secondary N) is 1. The number of aliphatic hydroxyl groups excluding tert-OH is 2. The minimum Gasteiger partial charge on any atom is -0.486 e. The molecule has 232 valence electrons. The highest BCUT2D eigenvalue weighted by atomic mass is 19.1. The molecule has 2 amide bonds. The van der Waals surface area contributed by atoms with Crippen LogP contribution >= 0.6 is 0 Å². The van der Waals surface area contributed by atoms with E-state index < -0.39 is 35.9 Å². The van der Waals surface area contributed by atoms with Crippen molar-refractivity contribution in [2.75, 3.05) is 19.8 Å². The molecule has 0 bridgehead atoms. The maximum Gasteiger partial charge on any atom is 0.249 e. The van der Waals surface area contributed by atoms with Crippen LogP contribution in [0.4, 0.5) is 4.39 Å². The first-order valence-corrected chi connectivity index (χ1v) is 15.4. The average Bonchev–Trinajstić information content (AvgIpc) is 3.39. The Morgan fingerprint density at radius 2 is 1.88 bits per heavy atom. The Kier molecular flexibility index (Phi) is 9.84. The van der Waals surface area contributed by atoms with Gasteiger partial charge < -0.3 is 29.9 Å². The van der Waals surface area contributed by atoms with Gasteiger partial charge in [0.1, 0.15) is 30.4 Å². The molecule has 0 radical (unpaired) electrons. The topological polar surface area (TPSA) is 108 Å². The summed E-state index contributed by atoms with van der Waals surface area (Å²) in [5.74, 6) is 0.173. The molecule has 0 unspecified atom stereocenters. The number of hydrogen-bond acceptors (Lipinski definition) is 6. The third kappa shape index (κ3) is 6.79. The molecule has 1 saturated carbocycles. The molecule has 1 aliphatic heterocycles. The highest BCUT2D eigenvalue weighted by Gasteiger charge is 2.50. The minimum absolute atomic E-state index is 0.0518. The molecule has 43 heavy (non-hydrogen) atoms. The number of rotatable bonds is 10. The molecule has 9 heteroatoms. The van der Waals surface area contributed by atoms with Crippen LogP contribution in [0.5, 0.6) is 5.75 Å². The highest BCUT2D eigenvalue weighted by molar-refractivity contribution is 5.96. The summed E-state index contributed by atoms with van der Waals surface area (Å²) in [5, 5.41) is 23.8. The second kappa shape index (κ2) is 13.6. The molecule has 0 spiro atoms. The smallest absolute Gasteiger partial charge is 0.249 e. The molecule has 7 atom stereocenters. The molecule has 0 saturated heterocycles. The first-order chi connectivity index (χ1) is 20.7. The number of nitrogens with zero attached hydrogens (tertiary/aromatic N) is 1. The van der Waals surface area contributed by atoms with Crippen LogP contribution in [0.25, 0.3) is 0 Å². The molecule has 1 fully saturated rings. The lowest BCUT2D eigenvalue weighted by atomic mass is 9.75. The normalized spacial score (nSPS) is 28.0. The predicted octanol–water partition coefficient (Wildman–Crippen LogP) is 3.95. The van der Waals surface area contributed by atoms with Crippen molar-refractivity contribution in [2.24, 2.45) is 17.8 Å². The van der Waals surface area contributed by atoms with Crippen molar-refractivity contribution in [3.05, 3.63) is 77.1 Å². The molecule has 8 nitrogen and oxygen atoms in total. The lowest BCUT2D eigenvalue weighted by molar-refractivity contribution is -0.148. The van der Waals surface area contributed by atoms with Crippen molar-refractivity contribution in [1.29, 1.82) is 0 Å². The summed E-state index contributed by atoms with van der Waals surface area (Å²) >= 11 is 0. The van der Waals surface area contributed by atoms with E-state index >= 15 is 0 Å². The largest absolute Gasteiger partial charge is 0.486 e. The zero-order valence-electron chi connectivity index (χ0n) is 25.1. The Balaban J connectivity index is 1.47. The summed E-state index contributed by atoms with van der Waals surface area (Å²) in [7, 11) is 0. The zero-order chi connectivity index (χ0) is 30.7. The van der Waals surface area contributed by atoms with Crippen LogP contribution in [0, 0.1) is 23.6 Å². The van der Waals surface area contributed by atoms with Gasteiger partial charge in [-0.15, -0.1) is 0 Å². The number of hydrogen-bond donors (Lipinski definition) is 3. The molecular weight excluding hydrogens is 551 g/mol. The van der Waals surface area contributed by atoms with E-state index in [2.05, 4.69) is 26.1 Å². The monoisotopic (exact) mass is 594 g/mol. The summed E-state index contributed by atoms with van der Waals surface area (Å²) in [6.45, 7) is 6.30. The van der Waals surface area contributed by atoms with E-state index in [1.165, 1.54) is 17.0 Å². The summed E-state index contributed by atoms with van der Waals surface area (Å²) in [4.78, 5) is 29.0. The first kappa shape index (κ1) is 31.2. The van der Waals surface area contributed by atoms with Crippen LogP contribution in [-0.4, -0.2) is 71.0 Å². The van der Waals surface area contributed by atoms with E-state index in [4.69, 9.17) is 9.47 Å². The predicted molar refractivity (Wildman–Crippen MR) is 160 cm³/mol. The van der Waals surface area contributed by atoms with E-state index in [-0.39, 0.29) is 38.3 Å². The fourth-order valence-corrected chi connectivity index (χ4v) is 6.91. The summed E-state index contributed by atoms with van der Waals surface area (Å²) in [6.07, 6.45) is 2.69. The Labute approximate surface area is 252 Å². The van der Waals surface area contributed by atoms with Gasteiger partial charge in [-0.3, -0.25) is 9.59 Å². The number of halogens is 1. The Hall–Kier alpha value is -3.27. The van der Waals surface area contributed by atoms with Gasteiger partial charge in [-0.2, -0.15) is 0 Å². The minimum atomic E-state index is -1.16. The quantitative estimate of drug-likeness (QED) is 0.385. The molecule has 1 heterocycles. The molecule has 3 N–H and O–H groups in total. The molecule has 0 aromatic heterocycles. The maximum atomic E-state index is 14.0. The SMILES string of the molecule is CC(C)[C@H]1CC[C@H](C)C[C@@H]1OCC(=O)N(Cc1ccc(F)cc1)[C@@H]1C=C(C(=O)NCCO)[C@@H]2c3ccccc3O[C@@H]2[C@H]1O. The van der Waals surface area contributed by atoms with E-state index in [9.17, 15) is 24.2 Å². The van der Waals surface area contributed by atoms with Gasteiger partial charge in [0.25, 0.3) is 0 Å². The van der Waals surface area contributed by atoms with Gasteiger partial charge in [-0.1, -0.05) is 57.5 Å². The number of fused-ring (bicyclic) bond motifs is 3. The highest BCUT2D eigenvalue weighted by Crippen LogP contribution is 2.47. The Morgan fingerprint density at radius 3 is 2.60 bits per heavy atom. The number of benzene rings is 2. The second-order valence-electron chi connectivity index (χ2n) is 12.5. The number of aliphatic hydroxyl groups is 2. The van der Waals surface area contributed by atoms with Gasteiger partial charge >= 0.3 is 0 Å². The van der Waals surface area contributed by atoms with Crippen molar-refractivity contribution in [3.8, 4) is 5.75 Å². The van der Waals surface area contributed by atoms with Gasteiger partial charge in [-0.05, 0) is 60.4 Å². The number of ether oxygens (including phenoxy) is 2. The van der Waals surface area contributed by atoms with E-state index in [1.807, 2.05) is 18.2 Å². The van der Waals surface area contributed by atoms with E-state index in [1.54, 1.807) is 24.3 Å². The summed E-state index contributed by atoms with van der Waals surface area (Å²) < 4.78 is 26.3. The zero-order valence-corrected chi connectivity index (χ0v) is 25.1. The van der Waals surface area contributed by atoms with E-state index in [0.29, 0.717) is 34.6 Å². The first-order valence-electron chi connectivity index (χ1n) is 15.4. The van der Waals surface area contributed by atoms with Crippen molar-refractivity contribution < 1.29 is 33.7 Å². The second-order valence-corrected chi connectivity index (χ2v) is 12.5. The van der Waals surface area contributed by atoms with Crippen molar-refractivity contribution in [3.63, 3.8) is 0 Å². The molecule has 2 aliphatic carbocycles. The number of amides is 2. The molecular formula is C34H43FN2O6. The van der Waals surface area contributed by atoms with Crippen LogP contribution in [0.3, 0.4) is 0 Å². The number of carbonyl (C=O) groups is 2. The summed E-state index contributed by atoms with van der Waals surface area (Å²) in [5.41, 5.74) is 1.81. The van der Waals surface area contributed by atoms with Gasteiger partial charge in [0.15, 0.2) is 0 Å². The summed E-state index contributed by atoms with van der Waals surface area (Å²) in [6, 6.07) is 12.3. The lowest BCUT2D eigenvalue weighted by Crippen LogP contribution is -2.56. The van der Waals surface area contributed by atoms with Crippen LogP contribution in [0.2, 0.25) is 0 Å². The molecule has 5 rings (SSSR count). The van der Waals surface area contributed by atoms with Crippen LogP contribution < -0.4 is 10.1 Å².